The third kappa shape index (κ3) is 2.92. The monoisotopic (exact) mass is 213 g/mol. The van der Waals surface area contributed by atoms with E-state index in [0.29, 0.717) is 24.6 Å². The van der Waals surface area contributed by atoms with Crippen molar-refractivity contribution in [3.8, 4) is 0 Å². The quantitative estimate of drug-likeness (QED) is 0.656. The first-order chi connectivity index (χ1) is 7.29. The maximum Gasteiger partial charge on any atom is 0.0541 e. The van der Waals surface area contributed by atoms with Gasteiger partial charge in [0.15, 0.2) is 0 Å². The van der Waals surface area contributed by atoms with Gasteiger partial charge in [-0.05, 0) is 44.4 Å². The largest absolute Gasteiger partial charge is 0.396 e. The van der Waals surface area contributed by atoms with Crippen LogP contribution >= 0.6 is 0 Å². The molecule has 0 spiro atoms. The van der Waals surface area contributed by atoms with Crippen LogP contribution in [0, 0.1) is 5.92 Å². The number of aliphatic hydroxyl groups excluding tert-OH is 2. The van der Waals surface area contributed by atoms with Gasteiger partial charge in [-0.25, -0.2) is 0 Å². The second-order valence-electron chi connectivity index (χ2n) is 5.15. The van der Waals surface area contributed by atoms with E-state index in [9.17, 15) is 10.2 Å². The lowest BCUT2D eigenvalue weighted by atomic mass is 9.91. The standard InChI is InChI=1S/C12H23NO2/c14-8-9-2-1-3-12(9)13-10-4-6-11(15)7-5-10/h9-15H,1-8H2. The zero-order valence-electron chi connectivity index (χ0n) is 9.36. The van der Waals surface area contributed by atoms with E-state index in [1.54, 1.807) is 0 Å². The molecule has 3 N–H and O–H groups in total. The summed E-state index contributed by atoms with van der Waals surface area (Å²) in [5.41, 5.74) is 0. The minimum Gasteiger partial charge on any atom is -0.396 e. The third-order valence-corrected chi connectivity index (χ3v) is 4.04. The molecule has 2 atom stereocenters. The summed E-state index contributed by atoms with van der Waals surface area (Å²) in [6.07, 6.45) is 7.63. The average Bonchev–Trinajstić information content (AvgIpc) is 2.69. The van der Waals surface area contributed by atoms with Crippen molar-refractivity contribution in [3.05, 3.63) is 0 Å². The lowest BCUT2D eigenvalue weighted by molar-refractivity contribution is 0.109. The Hall–Kier alpha value is -0.120. The van der Waals surface area contributed by atoms with E-state index in [2.05, 4.69) is 5.32 Å². The molecule has 0 bridgehead atoms. The van der Waals surface area contributed by atoms with Crippen LogP contribution in [0.4, 0.5) is 0 Å². The van der Waals surface area contributed by atoms with Crippen LogP contribution in [0.25, 0.3) is 0 Å². The maximum atomic E-state index is 9.42. The molecule has 0 saturated heterocycles. The van der Waals surface area contributed by atoms with Crippen molar-refractivity contribution in [2.45, 2.75) is 63.1 Å². The lowest BCUT2D eigenvalue weighted by Gasteiger charge is -2.30. The summed E-state index contributed by atoms with van der Waals surface area (Å²) in [5.74, 6) is 0.469. The smallest absolute Gasteiger partial charge is 0.0541 e. The number of aliphatic hydroxyl groups is 2. The van der Waals surface area contributed by atoms with Crippen molar-refractivity contribution in [3.63, 3.8) is 0 Å². The van der Waals surface area contributed by atoms with E-state index in [4.69, 9.17) is 0 Å². The molecule has 2 unspecified atom stereocenters. The number of hydrogen-bond donors (Lipinski definition) is 3. The molecule has 0 aromatic carbocycles. The summed E-state index contributed by atoms with van der Waals surface area (Å²) >= 11 is 0. The maximum absolute atomic E-state index is 9.42. The van der Waals surface area contributed by atoms with Gasteiger partial charge in [0.2, 0.25) is 0 Å². The summed E-state index contributed by atoms with van der Waals surface area (Å²) in [6.45, 7) is 0.326. The Morgan fingerprint density at radius 1 is 1.00 bits per heavy atom. The fourth-order valence-electron chi connectivity index (χ4n) is 3.02. The summed E-state index contributed by atoms with van der Waals surface area (Å²) in [7, 11) is 0. The predicted octanol–water partition coefficient (Wildman–Crippen LogP) is 1.04. The minimum atomic E-state index is -0.0692. The van der Waals surface area contributed by atoms with Crippen LogP contribution in [0.5, 0.6) is 0 Å². The molecule has 88 valence electrons. The number of nitrogens with one attached hydrogen (secondary N) is 1. The van der Waals surface area contributed by atoms with Crippen molar-refractivity contribution in [1.29, 1.82) is 0 Å². The summed E-state index contributed by atoms with van der Waals surface area (Å²) in [4.78, 5) is 0. The Bertz CT molecular complexity index is 190. The first-order valence-corrected chi connectivity index (χ1v) is 6.34. The Kier molecular flexibility index (Phi) is 4.00. The van der Waals surface area contributed by atoms with Crippen LogP contribution in [0.1, 0.15) is 44.9 Å². The molecule has 3 nitrogen and oxygen atoms in total. The molecule has 2 saturated carbocycles. The molecule has 0 aromatic heterocycles. The SMILES string of the molecule is OCC1CCCC1NC1CCC(O)CC1. The van der Waals surface area contributed by atoms with Gasteiger partial charge < -0.3 is 15.5 Å². The molecular weight excluding hydrogens is 190 g/mol. The Morgan fingerprint density at radius 2 is 1.73 bits per heavy atom. The van der Waals surface area contributed by atoms with Gasteiger partial charge in [0, 0.05) is 18.7 Å². The van der Waals surface area contributed by atoms with Gasteiger partial charge in [-0.15, -0.1) is 0 Å². The van der Waals surface area contributed by atoms with Crippen molar-refractivity contribution in [2.75, 3.05) is 6.61 Å². The van der Waals surface area contributed by atoms with E-state index in [-0.39, 0.29) is 6.10 Å². The summed E-state index contributed by atoms with van der Waals surface area (Å²) in [5, 5.41) is 22.3. The minimum absolute atomic E-state index is 0.0692. The fourth-order valence-corrected chi connectivity index (χ4v) is 3.02. The highest BCUT2D eigenvalue weighted by atomic mass is 16.3. The molecule has 15 heavy (non-hydrogen) atoms. The molecule has 0 heterocycles. The molecule has 2 aliphatic rings. The van der Waals surface area contributed by atoms with E-state index in [1.807, 2.05) is 0 Å². The van der Waals surface area contributed by atoms with E-state index < -0.39 is 0 Å². The Labute approximate surface area is 91.9 Å². The molecule has 0 amide bonds. The van der Waals surface area contributed by atoms with E-state index >= 15 is 0 Å². The number of rotatable bonds is 3. The van der Waals surface area contributed by atoms with Crippen molar-refractivity contribution in [1.82, 2.24) is 5.32 Å². The highest BCUT2D eigenvalue weighted by molar-refractivity contribution is 4.87. The van der Waals surface area contributed by atoms with Crippen molar-refractivity contribution in [2.24, 2.45) is 5.92 Å². The predicted molar refractivity (Wildman–Crippen MR) is 59.6 cm³/mol. The van der Waals surface area contributed by atoms with Crippen LogP contribution in [0.2, 0.25) is 0 Å². The first-order valence-electron chi connectivity index (χ1n) is 6.34. The molecule has 2 rings (SSSR count). The highest BCUT2D eigenvalue weighted by Crippen LogP contribution is 2.27. The van der Waals surface area contributed by atoms with Gasteiger partial charge in [-0.2, -0.15) is 0 Å². The van der Waals surface area contributed by atoms with E-state index in [0.717, 1.165) is 25.7 Å². The van der Waals surface area contributed by atoms with Gasteiger partial charge in [-0.1, -0.05) is 6.42 Å². The van der Waals surface area contributed by atoms with Gasteiger partial charge in [0.05, 0.1) is 6.10 Å². The Morgan fingerprint density at radius 3 is 2.40 bits per heavy atom. The molecular formula is C12H23NO2. The van der Waals surface area contributed by atoms with Crippen LogP contribution in [0.3, 0.4) is 0 Å². The zero-order valence-corrected chi connectivity index (χ0v) is 9.36. The molecule has 0 aliphatic heterocycles. The summed E-state index contributed by atoms with van der Waals surface area (Å²) in [6, 6.07) is 1.10. The molecule has 3 heteroatoms. The molecule has 2 aliphatic carbocycles. The summed E-state index contributed by atoms with van der Waals surface area (Å²) < 4.78 is 0. The molecule has 2 fully saturated rings. The van der Waals surface area contributed by atoms with Crippen LogP contribution in [-0.4, -0.2) is 35.0 Å². The van der Waals surface area contributed by atoms with Crippen molar-refractivity contribution >= 4 is 0 Å². The molecule has 0 aromatic rings. The lowest BCUT2D eigenvalue weighted by Crippen LogP contribution is -2.43. The fraction of sp³-hybridized carbons (Fsp3) is 1.00. The van der Waals surface area contributed by atoms with Crippen LogP contribution in [0.15, 0.2) is 0 Å². The van der Waals surface area contributed by atoms with Gasteiger partial charge in [0.1, 0.15) is 0 Å². The van der Waals surface area contributed by atoms with Crippen molar-refractivity contribution < 1.29 is 10.2 Å². The second-order valence-corrected chi connectivity index (χ2v) is 5.15. The van der Waals surface area contributed by atoms with Gasteiger partial charge >= 0.3 is 0 Å². The molecule has 0 radical (unpaired) electrons. The first kappa shape index (κ1) is 11.4. The zero-order chi connectivity index (χ0) is 10.7. The van der Waals surface area contributed by atoms with Crippen LogP contribution < -0.4 is 5.32 Å². The average molecular weight is 213 g/mol. The Balaban J connectivity index is 1.76. The number of hydrogen-bond acceptors (Lipinski definition) is 3. The topological polar surface area (TPSA) is 52.5 Å². The third-order valence-electron chi connectivity index (χ3n) is 4.04. The highest BCUT2D eigenvalue weighted by Gasteiger charge is 2.29. The second kappa shape index (κ2) is 5.28. The van der Waals surface area contributed by atoms with Gasteiger partial charge in [-0.3, -0.25) is 0 Å². The van der Waals surface area contributed by atoms with Gasteiger partial charge in [0.25, 0.3) is 0 Å². The normalized spacial score (nSPS) is 42.0. The van der Waals surface area contributed by atoms with Crippen LogP contribution in [-0.2, 0) is 0 Å². The van der Waals surface area contributed by atoms with E-state index in [1.165, 1.54) is 19.3 Å².